The quantitative estimate of drug-likeness (QED) is 0.814. The molecule has 4 nitrogen and oxygen atoms in total. The molecule has 0 saturated carbocycles. The molecule has 1 aromatic carbocycles. The number of benzene rings is 1. The number of carbonyl (C=O) groups is 1. The van der Waals surface area contributed by atoms with Crippen molar-refractivity contribution in [3.63, 3.8) is 0 Å². The fraction of sp³-hybridized carbons (Fsp3) is 0.500. The maximum Gasteiger partial charge on any atom is 0.339 e. The van der Waals surface area contributed by atoms with Crippen LogP contribution in [0.25, 0.3) is 0 Å². The highest BCUT2D eigenvalue weighted by atomic mass is 16.5. The number of ether oxygens (including phenoxy) is 1. The van der Waals surface area contributed by atoms with Crippen molar-refractivity contribution in [1.29, 1.82) is 0 Å². The van der Waals surface area contributed by atoms with Crippen LogP contribution in [0.15, 0.2) is 30.3 Å². The number of nitrogens with zero attached hydrogens (tertiary/aromatic N) is 1. The largest absolute Gasteiger partial charge is 0.464 e. The molecule has 1 aromatic rings. The van der Waals surface area contributed by atoms with E-state index in [-0.39, 0.29) is 0 Å². The van der Waals surface area contributed by atoms with E-state index >= 15 is 0 Å². The summed E-state index contributed by atoms with van der Waals surface area (Å²) in [6.45, 7) is 3.87. The van der Waals surface area contributed by atoms with E-state index in [1.54, 1.807) is 6.92 Å². The van der Waals surface area contributed by atoms with Gasteiger partial charge in [0.1, 0.15) is 0 Å². The first-order valence-corrected chi connectivity index (χ1v) is 6.30. The van der Waals surface area contributed by atoms with Gasteiger partial charge in [0.2, 0.25) is 0 Å². The van der Waals surface area contributed by atoms with Crippen LogP contribution in [0.5, 0.6) is 0 Å². The first kappa shape index (κ1) is 13.1. The lowest BCUT2D eigenvalue weighted by Gasteiger charge is -2.21. The molecular weight excluding hydrogens is 230 g/mol. The van der Waals surface area contributed by atoms with Gasteiger partial charge >= 0.3 is 5.97 Å². The number of hydrogen-bond donors (Lipinski definition) is 1. The third-order valence-electron chi connectivity index (χ3n) is 3.23. The van der Waals surface area contributed by atoms with E-state index in [0.29, 0.717) is 26.1 Å². The van der Waals surface area contributed by atoms with Gasteiger partial charge in [0.05, 0.1) is 6.61 Å². The zero-order valence-corrected chi connectivity index (χ0v) is 10.6. The SMILES string of the molecule is CCOC(=O)[C@]1(O)CCN(Cc2ccccc2)C1. The van der Waals surface area contributed by atoms with Crippen LogP contribution in [0.2, 0.25) is 0 Å². The number of esters is 1. The predicted molar refractivity (Wildman–Crippen MR) is 67.9 cm³/mol. The summed E-state index contributed by atoms with van der Waals surface area (Å²) in [5.74, 6) is -0.499. The van der Waals surface area contributed by atoms with Gasteiger partial charge in [0, 0.05) is 26.1 Å². The molecule has 0 unspecified atom stereocenters. The molecule has 2 rings (SSSR count). The second-order valence-corrected chi connectivity index (χ2v) is 4.70. The minimum atomic E-state index is -1.33. The van der Waals surface area contributed by atoms with Gasteiger partial charge in [-0.3, -0.25) is 4.90 Å². The van der Waals surface area contributed by atoms with Crippen molar-refractivity contribution < 1.29 is 14.6 Å². The molecule has 4 heteroatoms. The van der Waals surface area contributed by atoms with E-state index in [1.165, 1.54) is 5.56 Å². The number of aliphatic hydroxyl groups is 1. The van der Waals surface area contributed by atoms with Gasteiger partial charge in [-0.25, -0.2) is 4.79 Å². The van der Waals surface area contributed by atoms with Crippen LogP contribution in [0.3, 0.4) is 0 Å². The summed E-state index contributed by atoms with van der Waals surface area (Å²) in [5, 5.41) is 10.2. The van der Waals surface area contributed by atoms with Crippen LogP contribution in [0.1, 0.15) is 18.9 Å². The fourth-order valence-corrected chi connectivity index (χ4v) is 2.28. The summed E-state index contributed by atoms with van der Waals surface area (Å²) in [6, 6.07) is 10.0. The Hall–Kier alpha value is -1.39. The zero-order chi connectivity index (χ0) is 13.0. The molecule has 1 atom stereocenters. The van der Waals surface area contributed by atoms with Crippen LogP contribution < -0.4 is 0 Å². The Kier molecular flexibility index (Phi) is 3.99. The third kappa shape index (κ3) is 2.89. The Morgan fingerprint density at radius 1 is 1.44 bits per heavy atom. The molecule has 0 bridgehead atoms. The lowest BCUT2D eigenvalue weighted by molar-refractivity contribution is -0.163. The topological polar surface area (TPSA) is 49.8 Å². The lowest BCUT2D eigenvalue weighted by Crippen LogP contribution is -2.42. The molecule has 1 fully saturated rings. The number of carbonyl (C=O) groups excluding carboxylic acids is 1. The highest BCUT2D eigenvalue weighted by Crippen LogP contribution is 2.24. The maximum atomic E-state index is 11.7. The fourth-order valence-electron chi connectivity index (χ4n) is 2.28. The van der Waals surface area contributed by atoms with Crippen molar-refractivity contribution >= 4 is 5.97 Å². The van der Waals surface area contributed by atoms with Crippen LogP contribution in [-0.2, 0) is 16.1 Å². The van der Waals surface area contributed by atoms with Gasteiger partial charge in [0.15, 0.2) is 5.60 Å². The monoisotopic (exact) mass is 249 g/mol. The van der Waals surface area contributed by atoms with Crippen molar-refractivity contribution in [2.75, 3.05) is 19.7 Å². The molecule has 98 valence electrons. The van der Waals surface area contributed by atoms with Gasteiger partial charge in [-0.05, 0) is 12.5 Å². The molecule has 0 spiro atoms. The molecule has 0 radical (unpaired) electrons. The first-order chi connectivity index (χ1) is 8.64. The van der Waals surface area contributed by atoms with E-state index in [4.69, 9.17) is 4.74 Å². The Bertz CT molecular complexity index is 407. The van der Waals surface area contributed by atoms with Gasteiger partial charge < -0.3 is 9.84 Å². The van der Waals surface area contributed by atoms with Crippen molar-refractivity contribution in [1.82, 2.24) is 4.90 Å². The standard InChI is InChI=1S/C14H19NO3/c1-2-18-13(16)14(17)8-9-15(11-14)10-12-6-4-3-5-7-12/h3-7,17H,2,8-11H2,1H3/t14-/m0/s1. The normalized spacial score (nSPS) is 24.1. The number of β-amino-alcohol motifs (C(OH)–C–C–N with tert-alkyl or cyclic N) is 1. The highest BCUT2D eigenvalue weighted by molar-refractivity contribution is 5.80. The summed E-state index contributed by atoms with van der Waals surface area (Å²) >= 11 is 0. The van der Waals surface area contributed by atoms with Crippen LogP contribution in [-0.4, -0.2) is 41.3 Å². The van der Waals surface area contributed by atoms with Crippen LogP contribution in [0.4, 0.5) is 0 Å². The number of likely N-dealkylation sites (tertiary alicyclic amines) is 1. The second kappa shape index (κ2) is 5.50. The molecule has 1 saturated heterocycles. The minimum Gasteiger partial charge on any atom is -0.464 e. The van der Waals surface area contributed by atoms with Crippen LogP contribution >= 0.6 is 0 Å². The second-order valence-electron chi connectivity index (χ2n) is 4.70. The molecule has 1 heterocycles. The third-order valence-corrected chi connectivity index (χ3v) is 3.23. The minimum absolute atomic E-state index is 0.305. The summed E-state index contributed by atoms with van der Waals surface area (Å²) in [7, 11) is 0. The van der Waals surface area contributed by atoms with E-state index in [9.17, 15) is 9.90 Å². The summed E-state index contributed by atoms with van der Waals surface area (Å²) in [6.07, 6.45) is 0.443. The molecule has 0 aliphatic carbocycles. The number of hydrogen-bond acceptors (Lipinski definition) is 4. The van der Waals surface area contributed by atoms with E-state index < -0.39 is 11.6 Å². The molecule has 1 aliphatic heterocycles. The Labute approximate surface area is 107 Å². The van der Waals surface area contributed by atoms with Crippen molar-refractivity contribution in [3.8, 4) is 0 Å². The van der Waals surface area contributed by atoms with E-state index in [1.807, 2.05) is 30.3 Å². The first-order valence-electron chi connectivity index (χ1n) is 6.30. The predicted octanol–water partition coefficient (Wildman–Crippen LogP) is 1.19. The highest BCUT2D eigenvalue weighted by Gasteiger charge is 2.43. The van der Waals surface area contributed by atoms with Gasteiger partial charge in [-0.15, -0.1) is 0 Å². The summed E-state index contributed by atoms with van der Waals surface area (Å²) in [5.41, 5.74) is -0.143. The van der Waals surface area contributed by atoms with Gasteiger partial charge in [0.25, 0.3) is 0 Å². The zero-order valence-electron chi connectivity index (χ0n) is 10.6. The van der Waals surface area contributed by atoms with Crippen molar-refractivity contribution in [3.05, 3.63) is 35.9 Å². The Morgan fingerprint density at radius 2 is 2.17 bits per heavy atom. The molecule has 1 N–H and O–H groups in total. The average Bonchev–Trinajstić information content (AvgIpc) is 2.74. The molecule has 18 heavy (non-hydrogen) atoms. The smallest absolute Gasteiger partial charge is 0.339 e. The van der Waals surface area contributed by atoms with Gasteiger partial charge in [-0.1, -0.05) is 30.3 Å². The lowest BCUT2D eigenvalue weighted by atomic mass is 10.0. The van der Waals surface area contributed by atoms with E-state index in [2.05, 4.69) is 4.90 Å². The van der Waals surface area contributed by atoms with Crippen molar-refractivity contribution in [2.45, 2.75) is 25.5 Å². The average molecular weight is 249 g/mol. The van der Waals surface area contributed by atoms with Crippen molar-refractivity contribution in [2.24, 2.45) is 0 Å². The Balaban J connectivity index is 1.94. The van der Waals surface area contributed by atoms with Gasteiger partial charge in [-0.2, -0.15) is 0 Å². The Morgan fingerprint density at radius 3 is 2.83 bits per heavy atom. The molecular formula is C14H19NO3. The summed E-state index contributed by atoms with van der Waals surface area (Å²) in [4.78, 5) is 13.7. The molecule has 0 amide bonds. The van der Waals surface area contributed by atoms with E-state index in [0.717, 1.165) is 6.54 Å². The maximum absolute atomic E-state index is 11.7. The number of rotatable bonds is 4. The molecule has 0 aromatic heterocycles. The summed E-state index contributed by atoms with van der Waals surface area (Å²) < 4.78 is 4.91. The van der Waals surface area contributed by atoms with Crippen LogP contribution in [0, 0.1) is 0 Å². The molecule has 1 aliphatic rings.